The van der Waals surface area contributed by atoms with Gasteiger partial charge in [-0.2, -0.15) is 0 Å². The highest BCUT2D eigenvalue weighted by Gasteiger charge is 2.16. The molecule has 1 heterocycles. The van der Waals surface area contributed by atoms with Crippen LogP contribution in [-0.2, 0) is 0 Å². The Kier molecular flexibility index (Phi) is 5.23. The molecule has 5 heteroatoms. The van der Waals surface area contributed by atoms with Crippen molar-refractivity contribution >= 4 is 34.4 Å². The standard InChI is InChI=1S/C19H17FN2S2/c1-13-8-10-14(11-9-13)18(17-7-4-12-24-17)22-19(23)21-16-6-3-2-5-15(16)20/h2-12,18H,1H3,(H2,21,22,23)/t18-/m1/s1. The molecule has 2 nitrogen and oxygen atoms in total. The molecule has 24 heavy (non-hydrogen) atoms. The Bertz CT molecular complexity index is 814. The van der Waals surface area contributed by atoms with Crippen molar-refractivity contribution in [3.05, 3.63) is 87.9 Å². The van der Waals surface area contributed by atoms with E-state index in [-0.39, 0.29) is 11.9 Å². The molecule has 0 aliphatic heterocycles. The minimum atomic E-state index is -0.329. The average Bonchev–Trinajstić information content (AvgIpc) is 3.10. The molecule has 0 fully saturated rings. The van der Waals surface area contributed by atoms with Gasteiger partial charge < -0.3 is 10.6 Å². The van der Waals surface area contributed by atoms with Gasteiger partial charge in [-0.25, -0.2) is 4.39 Å². The van der Waals surface area contributed by atoms with E-state index in [1.165, 1.54) is 11.6 Å². The topological polar surface area (TPSA) is 24.1 Å². The number of nitrogens with one attached hydrogen (secondary N) is 2. The molecule has 2 N–H and O–H groups in total. The normalized spacial score (nSPS) is 11.8. The van der Waals surface area contributed by atoms with Crippen LogP contribution in [0, 0.1) is 12.7 Å². The molecule has 0 unspecified atom stereocenters. The SMILES string of the molecule is Cc1ccc([C@@H](NC(=S)Nc2ccccc2F)c2cccs2)cc1. The van der Waals surface area contributed by atoms with Crippen LogP contribution in [0.4, 0.5) is 10.1 Å². The molecular formula is C19H17FN2S2. The van der Waals surface area contributed by atoms with Gasteiger partial charge in [0.05, 0.1) is 11.7 Å². The number of hydrogen-bond acceptors (Lipinski definition) is 2. The molecule has 122 valence electrons. The molecule has 3 rings (SSSR count). The molecule has 0 spiro atoms. The number of rotatable bonds is 4. The van der Waals surface area contributed by atoms with E-state index < -0.39 is 0 Å². The quantitative estimate of drug-likeness (QED) is 0.623. The Morgan fingerprint density at radius 1 is 1.04 bits per heavy atom. The van der Waals surface area contributed by atoms with Crippen LogP contribution in [0.15, 0.2) is 66.0 Å². The highest BCUT2D eigenvalue weighted by Crippen LogP contribution is 2.26. The minimum absolute atomic E-state index is 0.0719. The number of hydrogen-bond donors (Lipinski definition) is 2. The summed E-state index contributed by atoms with van der Waals surface area (Å²) in [6.07, 6.45) is 0. The fourth-order valence-corrected chi connectivity index (χ4v) is 3.42. The monoisotopic (exact) mass is 356 g/mol. The third kappa shape index (κ3) is 3.99. The zero-order valence-electron chi connectivity index (χ0n) is 13.1. The first kappa shape index (κ1) is 16.6. The molecule has 0 radical (unpaired) electrons. The van der Waals surface area contributed by atoms with Crippen LogP contribution in [0.2, 0.25) is 0 Å². The molecule has 0 bridgehead atoms. The molecule has 2 aromatic carbocycles. The second-order valence-corrected chi connectivity index (χ2v) is 6.82. The summed E-state index contributed by atoms with van der Waals surface area (Å²) in [6.45, 7) is 2.06. The summed E-state index contributed by atoms with van der Waals surface area (Å²) in [5.41, 5.74) is 2.68. The number of aryl methyl sites for hydroxylation is 1. The molecule has 0 aliphatic carbocycles. The molecule has 3 aromatic rings. The fourth-order valence-electron chi connectivity index (χ4n) is 2.39. The predicted molar refractivity (Wildman–Crippen MR) is 103 cm³/mol. The Morgan fingerprint density at radius 3 is 2.46 bits per heavy atom. The Hall–Kier alpha value is -2.24. The third-order valence-electron chi connectivity index (χ3n) is 3.64. The van der Waals surface area contributed by atoms with E-state index in [9.17, 15) is 4.39 Å². The lowest BCUT2D eigenvalue weighted by molar-refractivity contribution is 0.632. The van der Waals surface area contributed by atoms with Crippen LogP contribution in [-0.4, -0.2) is 5.11 Å². The smallest absolute Gasteiger partial charge is 0.171 e. The van der Waals surface area contributed by atoms with E-state index in [1.54, 1.807) is 29.5 Å². The number of anilines is 1. The van der Waals surface area contributed by atoms with Crippen LogP contribution in [0.1, 0.15) is 22.0 Å². The predicted octanol–water partition coefficient (Wildman–Crippen LogP) is 5.27. The average molecular weight is 356 g/mol. The lowest BCUT2D eigenvalue weighted by atomic mass is 10.0. The van der Waals surface area contributed by atoms with Crippen LogP contribution in [0.25, 0.3) is 0 Å². The molecule has 1 aromatic heterocycles. The van der Waals surface area contributed by atoms with Gasteiger partial charge in [-0.3, -0.25) is 0 Å². The first-order valence-electron chi connectivity index (χ1n) is 7.55. The van der Waals surface area contributed by atoms with Gasteiger partial charge in [-0.1, -0.05) is 48.0 Å². The minimum Gasteiger partial charge on any atom is -0.351 e. The van der Waals surface area contributed by atoms with E-state index in [0.717, 1.165) is 10.4 Å². The van der Waals surface area contributed by atoms with Crippen LogP contribution in [0.3, 0.4) is 0 Å². The van der Waals surface area contributed by atoms with Crippen LogP contribution < -0.4 is 10.6 Å². The van der Waals surface area contributed by atoms with Gasteiger partial charge in [-0.15, -0.1) is 11.3 Å². The van der Waals surface area contributed by atoms with Crippen molar-refractivity contribution in [1.82, 2.24) is 5.32 Å². The van der Waals surface area contributed by atoms with E-state index in [2.05, 4.69) is 47.9 Å². The summed E-state index contributed by atoms with van der Waals surface area (Å²) in [4.78, 5) is 1.15. The van der Waals surface area contributed by atoms with Crippen LogP contribution in [0.5, 0.6) is 0 Å². The van der Waals surface area contributed by atoms with Gasteiger partial charge in [0, 0.05) is 4.88 Å². The highest BCUT2D eigenvalue weighted by molar-refractivity contribution is 7.80. The van der Waals surface area contributed by atoms with E-state index in [0.29, 0.717) is 10.8 Å². The maximum Gasteiger partial charge on any atom is 0.171 e. The maximum absolute atomic E-state index is 13.8. The zero-order valence-corrected chi connectivity index (χ0v) is 14.8. The first-order chi connectivity index (χ1) is 11.6. The fraction of sp³-hybridized carbons (Fsp3) is 0.105. The van der Waals surface area contributed by atoms with Gasteiger partial charge >= 0.3 is 0 Å². The Morgan fingerprint density at radius 2 is 1.79 bits per heavy atom. The summed E-state index contributed by atoms with van der Waals surface area (Å²) < 4.78 is 13.8. The second kappa shape index (κ2) is 7.55. The van der Waals surface area contributed by atoms with Crippen molar-refractivity contribution in [2.75, 3.05) is 5.32 Å². The van der Waals surface area contributed by atoms with Gasteiger partial charge in [0.2, 0.25) is 0 Å². The summed E-state index contributed by atoms with van der Waals surface area (Å²) >= 11 is 7.04. The lowest BCUT2D eigenvalue weighted by Crippen LogP contribution is -2.32. The number of thiophene rings is 1. The van der Waals surface area contributed by atoms with Crippen molar-refractivity contribution in [3.8, 4) is 0 Å². The van der Waals surface area contributed by atoms with Crippen molar-refractivity contribution in [3.63, 3.8) is 0 Å². The van der Waals surface area contributed by atoms with E-state index >= 15 is 0 Å². The number of thiocarbonyl (C=S) groups is 1. The summed E-state index contributed by atoms with van der Waals surface area (Å²) in [6, 6.07) is 18.8. The summed E-state index contributed by atoms with van der Waals surface area (Å²) in [5.74, 6) is -0.329. The molecule has 0 saturated heterocycles. The van der Waals surface area contributed by atoms with Gasteiger partial charge in [0.25, 0.3) is 0 Å². The molecular weight excluding hydrogens is 339 g/mol. The summed E-state index contributed by atoms with van der Waals surface area (Å²) in [5, 5.41) is 8.65. The Balaban J connectivity index is 1.81. The lowest BCUT2D eigenvalue weighted by Gasteiger charge is -2.21. The van der Waals surface area contributed by atoms with E-state index in [4.69, 9.17) is 12.2 Å². The number of benzene rings is 2. The van der Waals surface area contributed by atoms with Gasteiger partial charge in [-0.05, 0) is 48.3 Å². The van der Waals surface area contributed by atoms with Crippen molar-refractivity contribution < 1.29 is 4.39 Å². The highest BCUT2D eigenvalue weighted by atomic mass is 32.1. The molecule has 1 atom stereocenters. The number of halogens is 1. The van der Waals surface area contributed by atoms with Crippen molar-refractivity contribution in [1.29, 1.82) is 0 Å². The third-order valence-corrected chi connectivity index (χ3v) is 4.79. The summed E-state index contributed by atoms with van der Waals surface area (Å²) in [7, 11) is 0. The zero-order chi connectivity index (χ0) is 16.9. The molecule has 0 saturated carbocycles. The number of para-hydroxylation sites is 1. The molecule has 0 aliphatic rings. The van der Waals surface area contributed by atoms with Crippen LogP contribution >= 0.6 is 23.6 Å². The van der Waals surface area contributed by atoms with E-state index in [1.807, 2.05) is 11.4 Å². The van der Waals surface area contributed by atoms with Gasteiger partial charge in [0.15, 0.2) is 5.11 Å². The molecule has 0 amide bonds. The van der Waals surface area contributed by atoms with Crippen molar-refractivity contribution in [2.45, 2.75) is 13.0 Å². The largest absolute Gasteiger partial charge is 0.351 e. The Labute approximate surface area is 150 Å². The first-order valence-corrected chi connectivity index (χ1v) is 8.84. The van der Waals surface area contributed by atoms with Gasteiger partial charge in [0.1, 0.15) is 5.82 Å². The second-order valence-electron chi connectivity index (χ2n) is 5.44. The van der Waals surface area contributed by atoms with Crippen molar-refractivity contribution in [2.24, 2.45) is 0 Å². The maximum atomic E-state index is 13.8.